The molecule has 1 aromatic carbocycles. The van der Waals surface area contributed by atoms with E-state index in [1.807, 2.05) is 36.9 Å². The minimum Gasteiger partial charge on any atom is -0.393 e. The number of hydrogen-bond donors (Lipinski definition) is 2. The van der Waals surface area contributed by atoms with E-state index in [1.165, 1.54) is 0 Å². The number of likely N-dealkylation sites (tertiary alicyclic amines) is 1. The first-order valence-corrected chi connectivity index (χ1v) is 7.29. The lowest BCUT2D eigenvalue weighted by atomic mass is 9.96. The van der Waals surface area contributed by atoms with Gasteiger partial charge in [0.05, 0.1) is 12.6 Å². The Morgan fingerprint density at radius 3 is 2.90 bits per heavy atom. The summed E-state index contributed by atoms with van der Waals surface area (Å²) in [5, 5.41) is 9.77. The van der Waals surface area contributed by atoms with Crippen LogP contribution in [0.15, 0.2) is 18.2 Å². The number of benzene rings is 1. The SMILES string of the molecule is Cc1cc(C#CCN)cc(C(=O)N2CCC(O)C(C)C2)c1. The van der Waals surface area contributed by atoms with E-state index in [4.69, 9.17) is 5.73 Å². The molecule has 4 heteroatoms. The lowest BCUT2D eigenvalue weighted by molar-refractivity contribution is 0.0297. The van der Waals surface area contributed by atoms with E-state index in [2.05, 4.69) is 11.8 Å². The zero-order valence-electron chi connectivity index (χ0n) is 12.6. The zero-order chi connectivity index (χ0) is 15.4. The molecular formula is C17H22N2O2. The summed E-state index contributed by atoms with van der Waals surface area (Å²) < 4.78 is 0. The maximum Gasteiger partial charge on any atom is 0.253 e. The average Bonchev–Trinajstić information content (AvgIpc) is 2.46. The molecule has 1 saturated heterocycles. The van der Waals surface area contributed by atoms with Gasteiger partial charge in [-0.25, -0.2) is 0 Å². The van der Waals surface area contributed by atoms with Crippen molar-refractivity contribution in [2.45, 2.75) is 26.4 Å². The quantitative estimate of drug-likeness (QED) is 0.761. The lowest BCUT2D eigenvalue weighted by Crippen LogP contribution is -2.45. The van der Waals surface area contributed by atoms with Gasteiger partial charge >= 0.3 is 0 Å². The van der Waals surface area contributed by atoms with Crippen LogP contribution in [0.1, 0.15) is 34.8 Å². The Kier molecular flexibility index (Phi) is 5.00. The molecule has 2 atom stereocenters. The Hall–Kier alpha value is -1.83. The minimum atomic E-state index is -0.308. The van der Waals surface area contributed by atoms with Crippen LogP contribution < -0.4 is 5.73 Å². The van der Waals surface area contributed by atoms with Gasteiger partial charge in [0.15, 0.2) is 0 Å². The molecule has 0 aromatic heterocycles. The molecule has 1 aliphatic rings. The van der Waals surface area contributed by atoms with Gasteiger partial charge in [-0.3, -0.25) is 4.79 Å². The van der Waals surface area contributed by atoms with Crippen molar-refractivity contribution in [3.05, 3.63) is 34.9 Å². The molecular weight excluding hydrogens is 264 g/mol. The fourth-order valence-electron chi connectivity index (χ4n) is 2.63. The Bertz CT molecular complexity index is 586. The number of nitrogens with two attached hydrogens (primary N) is 1. The van der Waals surface area contributed by atoms with Crippen molar-refractivity contribution in [2.24, 2.45) is 11.7 Å². The maximum absolute atomic E-state index is 12.6. The summed E-state index contributed by atoms with van der Waals surface area (Å²) >= 11 is 0. The van der Waals surface area contributed by atoms with Gasteiger partial charge < -0.3 is 15.7 Å². The summed E-state index contributed by atoms with van der Waals surface area (Å²) in [6.45, 7) is 5.42. The van der Waals surface area contributed by atoms with Crippen molar-refractivity contribution in [3.63, 3.8) is 0 Å². The van der Waals surface area contributed by atoms with E-state index < -0.39 is 0 Å². The summed E-state index contributed by atoms with van der Waals surface area (Å²) in [4.78, 5) is 14.4. The fourth-order valence-corrected chi connectivity index (χ4v) is 2.63. The van der Waals surface area contributed by atoms with Crippen LogP contribution in [0.25, 0.3) is 0 Å². The third-order valence-electron chi connectivity index (χ3n) is 3.81. The largest absolute Gasteiger partial charge is 0.393 e. The molecule has 21 heavy (non-hydrogen) atoms. The Balaban J connectivity index is 2.21. The van der Waals surface area contributed by atoms with Crippen LogP contribution in [-0.2, 0) is 0 Å². The van der Waals surface area contributed by atoms with Gasteiger partial charge in [0.2, 0.25) is 0 Å². The topological polar surface area (TPSA) is 66.6 Å². The molecule has 1 aromatic rings. The van der Waals surface area contributed by atoms with Crippen LogP contribution in [0, 0.1) is 24.7 Å². The first-order valence-electron chi connectivity index (χ1n) is 7.29. The third kappa shape index (κ3) is 3.84. The normalized spacial score (nSPS) is 21.6. The van der Waals surface area contributed by atoms with Gasteiger partial charge in [-0.2, -0.15) is 0 Å². The number of aliphatic hydroxyl groups is 1. The standard InChI is InChI=1S/C17H22N2O2/c1-12-8-14(4-3-6-18)10-15(9-12)17(21)19-7-5-16(20)13(2)11-19/h8-10,13,16,20H,5-7,11,18H2,1-2H3. The zero-order valence-corrected chi connectivity index (χ0v) is 12.6. The number of rotatable bonds is 1. The highest BCUT2D eigenvalue weighted by Gasteiger charge is 2.27. The molecule has 3 N–H and O–H groups in total. The summed E-state index contributed by atoms with van der Waals surface area (Å²) in [5.74, 6) is 5.91. The molecule has 112 valence electrons. The lowest BCUT2D eigenvalue weighted by Gasteiger charge is -2.34. The van der Waals surface area contributed by atoms with Crippen molar-refractivity contribution >= 4 is 5.91 Å². The highest BCUT2D eigenvalue weighted by Crippen LogP contribution is 2.19. The maximum atomic E-state index is 12.6. The molecule has 2 rings (SSSR count). The van der Waals surface area contributed by atoms with E-state index in [9.17, 15) is 9.90 Å². The molecule has 1 fully saturated rings. The Morgan fingerprint density at radius 2 is 2.24 bits per heavy atom. The Morgan fingerprint density at radius 1 is 1.48 bits per heavy atom. The van der Waals surface area contributed by atoms with Crippen LogP contribution in [-0.4, -0.2) is 41.7 Å². The van der Waals surface area contributed by atoms with Gasteiger partial charge in [-0.15, -0.1) is 0 Å². The number of carbonyl (C=O) groups is 1. The Labute approximate surface area is 125 Å². The molecule has 0 aliphatic carbocycles. The van der Waals surface area contributed by atoms with Crippen LogP contribution in [0.5, 0.6) is 0 Å². The fraction of sp³-hybridized carbons (Fsp3) is 0.471. The van der Waals surface area contributed by atoms with Gasteiger partial charge in [-0.05, 0) is 43.0 Å². The van der Waals surface area contributed by atoms with E-state index >= 15 is 0 Å². The van der Waals surface area contributed by atoms with E-state index in [0.29, 0.717) is 31.6 Å². The molecule has 0 spiro atoms. The van der Waals surface area contributed by atoms with Crippen molar-refractivity contribution < 1.29 is 9.90 Å². The number of carbonyl (C=O) groups excluding carboxylic acids is 1. The molecule has 4 nitrogen and oxygen atoms in total. The minimum absolute atomic E-state index is 0.00764. The van der Waals surface area contributed by atoms with E-state index in [-0.39, 0.29) is 17.9 Å². The summed E-state index contributed by atoms with van der Waals surface area (Å²) in [7, 11) is 0. The second-order valence-corrected chi connectivity index (χ2v) is 5.68. The van der Waals surface area contributed by atoms with Gasteiger partial charge in [0.25, 0.3) is 5.91 Å². The monoisotopic (exact) mass is 286 g/mol. The van der Waals surface area contributed by atoms with Crippen molar-refractivity contribution in [3.8, 4) is 11.8 Å². The van der Waals surface area contributed by atoms with Gasteiger partial charge in [-0.1, -0.05) is 18.8 Å². The molecule has 0 saturated carbocycles. The molecule has 1 amide bonds. The van der Waals surface area contributed by atoms with E-state index in [1.54, 1.807) is 0 Å². The van der Waals surface area contributed by atoms with Crippen LogP contribution in [0.3, 0.4) is 0 Å². The van der Waals surface area contributed by atoms with Crippen molar-refractivity contribution in [1.29, 1.82) is 0 Å². The first kappa shape index (κ1) is 15.6. The number of aliphatic hydroxyl groups excluding tert-OH is 1. The van der Waals surface area contributed by atoms with Crippen LogP contribution >= 0.6 is 0 Å². The van der Waals surface area contributed by atoms with Gasteiger partial charge in [0, 0.05) is 24.2 Å². The van der Waals surface area contributed by atoms with Crippen molar-refractivity contribution in [2.75, 3.05) is 19.6 Å². The molecule has 1 heterocycles. The van der Waals surface area contributed by atoms with Crippen LogP contribution in [0.2, 0.25) is 0 Å². The third-order valence-corrected chi connectivity index (χ3v) is 3.81. The second-order valence-electron chi connectivity index (χ2n) is 5.68. The number of nitrogens with zero attached hydrogens (tertiary/aromatic N) is 1. The second kappa shape index (κ2) is 6.75. The highest BCUT2D eigenvalue weighted by atomic mass is 16.3. The van der Waals surface area contributed by atoms with Crippen LogP contribution in [0.4, 0.5) is 0 Å². The predicted octanol–water partition coefficient (Wildman–Crippen LogP) is 1.15. The first-order chi connectivity index (χ1) is 10.0. The summed E-state index contributed by atoms with van der Waals surface area (Å²) in [6.07, 6.45) is 0.330. The summed E-state index contributed by atoms with van der Waals surface area (Å²) in [6, 6.07) is 5.64. The molecule has 2 unspecified atom stereocenters. The molecule has 1 aliphatic heterocycles. The average molecular weight is 286 g/mol. The molecule has 0 radical (unpaired) electrons. The van der Waals surface area contributed by atoms with E-state index in [0.717, 1.165) is 11.1 Å². The number of hydrogen-bond acceptors (Lipinski definition) is 3. The van der Waals surface area contributed by atoms with Crippen molar-refractivity contribution in [1.82, 2.24) is 4.90 Å². The number of piperidine rings is 1. The highest BCUT2D eigenvalue weighted by molar-refractivity contribution is 5.95. The number of aryl methyl sites for hydroxylation is 1. The van der Waals surface area contributed by atoms with Gasteiger partial charge in [0.1, 0.15) is 0 Å². The summed E-state index contributed by atoms with van der Waals surface area (Å²) in [5.41, 5.74) is 7.86. The predicted molar refractivity (Wildman–Crippen MR) is 82.8 cm³/mol. The molecule has 0 bridgehead atoms. The number of amides is 1. The smallest absolute Gasteiger partial charge is 0.253 e.